The monoisotopic (exact) mass is 319 g/mol. The lowest BCUT2D eigenvalue weighted by atomic mass is 9.83. The van der Waals surface area contributed by atoms with Crippen molar-refractivity contribution in [2.45, 2.75) is 38.0 Å². The number of carbonyl (C=O) groups is 2. The molecule has 0 radical (unpaired) electrons. The standard InChI is InChI=1S/C17H25N3O3/c1-20(2)17(23)13-5-3-4-11(8-13)10-19-16(22)12-6-7-15(21)14(18)9-12/h3-5,8,12,14-15,21H,6-7,9-10,18H2,1-2H3,(H,19,22)/t12-,14+,15+/m0/s1. The summed E-state index contributed by atoms with van der Waals surface area (Å²) < 4.78 is 0. The van der Waals surface area contributed by atoms with Crippen molar-refractivity contribution < 1.29 is 14.7 Å². The summed E-state index contributed by atoms with van der Waals surface area (Å²) in [6, 6.07) is 6.91. The minimum absolute atomic E-state index is 0.0447. The second-order valence-corrected chi connectivity index (χ2v) is 6.36. The Morgan fingerprint density at radius 3 is 2.74 bits per heavy atom. The van der Waals surface area contributed by atoms with E-state index in [9.17, 15) is 14.7 Å². The Kier molecular flexibility index (Phi) is 5.74. The number of aliphatic hydroxyl groups excluding tert-OH is 1. The molecule has 23 heavy (non-hydrogen) atoms. The average Bonchev–Trinajstić information content (AvgIpc) is 2.54. The van der Waals surface area contributed by atoms with Crippen LogP contribution in [0.25, 0.3) is 0 Å². The fourth-order valence-corrected chi connectivity index (χ4v) is 2.83. The highest BCUT2D eigenvalue weighted by Gasteiger charge is 2.30. The fraction of sp³-hybridized carbons (Fsp3) is 0.529. The molecule has 0 heterocycles. The van der Waals surface area contributed by atoms with Gasteiger partial charge in [-0.3, -0.25) is 9.59 Å². The number of benzene rings is 1. The zero-order chi connectivity index (χ0) is 17.0. The molecule has 1 aromatic carbocycles. The molecule has 1 fully saturated rings. The van der Waals surface area contributed by atoms with Gasteiger partial charge in [-0.05, 0) is 37.0 Å². The van der Waals surface area contributed by atoms with Gasteiger partial charge in [-0.25, -0.2) is 0 Å². The fourth-order valence-electron chi connectivity index (χ4n) is 2.83. The van der Waals surface area contributed by atoms with Crippen LogP contribution in [0.15, 0.2) is 24.3 Å². The van der Waals surface area contributed by atoms with E-state index < -0.39 is 6.10 Å². The lowest BCUT2D eigenvalue weighted by Crippen LogP contribution is -2.44. The van der Waals surface area contributed by atoms with E-state index in [0.717, 1.165) is 5.56 Å². The third-order valence-electron chi connectivity index (χ3n) is 4.28. The van der Waals surface area contributed by atoms with Crippen LogP contribution < -0.4 is 11.1 Å². The second-order valence-electron chi connectivity index (χ2n) is 6.36. The summed E-state index contributed by atoms with van der Waals surface area (Å²) in [6.45, 7) is 0.377. The van der Waals surface area contributed by atoms with E-state index >= 15 is 0 Å². The molecular weight excluding hydrogens is 294 g/mol. The maximum Gasteiger partial charge on any atom is 0.253 e. The number of carbonyl (C=O) groups excluding carboxylic acids is 2. The van der Waals surface area contributed by atoms with Crippen LogP contribution in [0.4, 0.5) is 0 Å². The molecule has 0 aromatic heterocycles. The molecule has 0 bridgehead atoms. The number of nitrogens with one attached hydrogen (secondary N) is 1. The Morgan fingerprint density at radius 2 is 2.09 bits per heavy atom. The molecule has 1 saturated carbocycles. The summed E-state index contributed by atoms with van der Waals surface area (Å²) in [6.07, 6.45) is 1.21. The van der Waals surface area contributed by atoms with Crippen molar-refractivity contribution in [3.63, 3.8) is 0 Å². The summed E-state index contributed by atoms with van der Waals surface area (Å²) in [7, 11) is 3.41. The lowest BCUT2D eigenvalue weighted by Gasteiger charge is -2.30. The first-order valence-corrected chi connectivity index (χ1v) is 7.90. The van der Waals surface area contributed by atoms with E-state index in [4.69, 9.17) is 5.73 Å². The average molecular weight is 319 g/mol. The molecule has 0 saturated heterocycles. The predicted molar refractivity (Wildman–Crippen MR) is 87.6 cm³/mol. The van der Waals surface area contributed by atoms with Crippen LogP contribution >= 0.6 is 0 Å². The highest BCUT2D eigenvalue weighted by Crippen LogP contribution is 2.23. The number of rotatable bonds is 4. The predicted octanol–water partition coefficient (Wildman–Crippen LogP) is 0.493. The third-order valence-corrected chi connectivity index (χ3v) is 4.28. The van der Waals surface area contributed by atoms with Gasteiger partial charge in [0.15, 0.2) is 0 Å². The van der Waals surface area contributed by atoms with Gasteiger partial charge in [0.25, 0.3) is 5.91 Å². The first kappa shape index (κ1) is 17.4. The van der Waals surface area contributed by atoms with E-state index in [-0.39, 0.29) is 23.8 Å². The summed E-state index contributed by atoms with van der Waals surface area (Å²) in [5, 5.41) is 12.5. The highest BCUT2D eigenvalue weighted by atomic mass is 16.3. The third kappa shape index (κ3) is 4.53. The van der Waals surface area contributed by atoms with Gasteiger partial charge in [0.05, 0.1) is 6.10 Å². The lowest BCUT2D eigenvalue weighted by molar-refractivity contribution is -0.127. The maximum absolute atomic E-state index is 12.2. The van der Waals surface area contributed by atoms with Crippen LogP contribution in [0.2, 0.25) is 0 Å². The molecule has 6 nitrogen and oxygen atoms in total. The molecule has 2 rings (SSSR count). The van der Waals surface area contributed by atoms with Gasteiger partial charge in [-0.15, -0.1) is 0 Å². The van der Waals surface area contributed by atoms with Gasteiger partial charge in [0, 0.05) is 38.2 Å². The van der Waals surface area contributed by atoms with E-state index in [2.05, 4.69) is 5.32 Å². The summed E-state index contributed by atoms with van der Waals surface area (Å²) in [4.78, 5) is 25.7. The van der Waals surface area contributed by atoms with Gasteiger partial charge in [-0.2, -0.15) is 0 Å². The largest absolute Gasteiger partial charge is 0.392 e. The molecule has 2 amide bonds. The Balaban J connectivity index is 1.92. The van der Waals surface area contributed by atoms with E-state index in [0.29, 0.717) is 31.4 Å². The second kappa shape index (κ2) is 7.57. The number of hydrogen-bond donors (Lipinski definition) is 3. The number of hydrogen-bond acceptors (Lipinski definition) is 4. The van der Waals surface area contributed by atoms with Crippen LogP contribution in [-0.4, -0.2) is 48.1 Å². The van der Waals surface area contributed by atoms with Crippen molar-refractivity contribution >= 4 is 11.8 Å². The topological polar surface area (TPSA) is 95.7 Å². The normalized spacial score (nSPS) is 24.1. The molecule has 0 aliphatic heterocycles. The van der Waals surface area contributed by atoms with E-state index in [1.54, 1.807) is 26.2 Å². The molecule has 3 atom stereocenters. The maximum atomic E-state index is 12.2. The smallest absolute Gasteiger partial charge is 0.253 e. The summed E-state index contributed by atoms with van der Waals surface area (Å²) >= 11 is 0. The zero-order valence-corrected chi connectivity index (χ0v) is 13.7. The molecule has 0 spiro atoms. The molecule has 6 heteroatoms. The van der Waals surface area contributed by atoms with E-state index in [1.165, 1.54) is 4.90 Å². The van der Waals surface area contributed by atoms with E-state index in [1.807, 2.05) is 12.1 Å². The van der Waals surface area contributed by atoms with Crippen molar-refractivity contribution in [2.24, 2.45) is 11.7 Å². The van der Waals surface area contributed by atoms with Crippen LogP contribution in [-0.2, 0) is 11.3 Å². The number of nitrogens with zero attached hydrogens (tertiary/aromatic N) is 1. The molecule has 0 unspecified atom stereocenters. The van der Waals surface area contributed by atoms with Gasteiger partial charge in [0.1, 0.15) is 0 Å². The molecule has 1 aliphatic carbocycles. The van der Waals surface area contributed by atoms with Crippen molar-refractivity contribution in [3.05, 3.63) is 35.4 Å². The molecule has 4 N–H and O–H groups in total. The minimum Gasteiger partial charge on any atom is -0.392 e. The van der Waals surface area contributed by atoms with Gasteiger partial charge in [0.2, 0.25) is 5.91 Å². The van der Waals surface area contributed by atoms with Crippen molar-refractivity contribution in [3.8, 4) is 0 Å². The Hall–Kier alpha value is -1.92. The number of aliphatic hydroxyl groups is 1. The van der Waals surface area contributed by atoms with Crippen LogP contribution in [0.1, 0.15) is 35.2 Å². The molecule has 126 valence electrons. The Bertz CT molecular complexity index is 574. The first-order chi connectivity index (χ1) is 10.9. The van der Waals surface area contributed by atoms with Gasteiger partial charge < -0.3 is 21.1 Å². The first-order valence-electron chi connectivity index (χ1n) is 7.90. The molecular formula is C17H25N3O3. The van der Waals surface area contributed by atoms with Crippen LogP contribution in [0.3, 0.4) is 0 Å². The number of nitrogens with two attached hydrogens (primary N) is 1. The Labute approximate surface area is 136 Å². The van der Waals surface area contributed by atoms with Crippen molar-refractivity contribution in [2.75, 3.05) is 14.1 Å². The van der Waals surface area contributed by atoms with Crippen molar-refractivity contribution in [1.82, 2.24) is 10.2 Å². The molecule has 1 aromatic rings. The SMILES string of the molecule is CN(C)C(=O)c1cccc(CNC(=O)[C@H]2CC[C@@H](O)[C@H](N)C2)c1. The Morgan fingerprint density at radius 1 is 1.35 bits per heavy atom. The summed E-state index contributed by atoms with van der Waals surface area (Å²) in [5.74, 6) is -0.262. The molecule has 1 aliphatic rings. The van der Waals surface area contributed by atoms with Crippen LogP contribution in [0.5, 0.6) is 0 Å². The van der Waals surface area contributed by atoms with Crippen molar-refractivity contribution in [1.29, 1.82) is 0 Å². The highest BCUT2D eigenvalue weighted by molar-refractivity contribution is 5.94. The minimum atomic E-state index is -0.507. The van der Waals surface area contributed by atoms with Crippen LogP contribution in [0, 0.1) is 5.92 Å². The van der Waals surface area contributed by atoms with Gasteiger partial charge >= 0.3 is 0 Å². The number of amides is 2. The quantitative estimate of drug-likeness (QED) is 0.753. The van der Waals surface area contributed by atoms with Gasteiger partial charge in [-0.1, -0.05) is 12.1 Å². The summed E-state index contributed by atoms with van der Waals surface area (Å²) in [5.41, 5.74) is 7.31. The zero-order valence-electron chi connectivity index (χ0n) is 13.7.